The monoisotopic (exact) mass is 278 g/mol. The van der Waals surface area contributed by atoms with Crippen LogP contribution in [0.25, 0.3) is 0 Å². The molecule has 0 bridgehead atoms. The zero-order valence-electron chi connectivity index (χ0n) is 11.7. The molecule has 2 rings (SSSR count). The first-order valence-corrected chi connectivity index (χ1v) is 8.19. The van der Waals surface area contributed by atoms with Gasteiger partial charge >= 0.3 is 0 Å². The van der Waals surface area contributed by atoms with E-state index in [-0.39, 0.29) is 11.9 Å². The topological polar surface area (TPSA) is 26.3 Å². The number of hydrogen-bond donors (Lipinski definition) is 0. The lowest BCUT2D eigenvalue weighted by atomic mass is 9.93. The summed E-state index contributed by atoms with van der Waals surface area (Å²) in [6.45, 7) is 3.97. The SMILES string of the molecule is CC(C)Oc1ccccc1C(=O)CC1CCSCC1. The molecule has 1 heterocycles. The van der Waals surface area contributed by atoms with Crippen LogP contribution in [0.4, 0.5) is 0 Å². The van der Waals surface area contributed by atoms with Crippen molar-refractivity contribution in [2.75, 3.05) is 11.5 Å². The number of hydrogen-bond acceptors (Lipinski definition) is 3. The van der Waals surface area contributed by atoms with Crippen molar-refractivity contribution < 1.29 is 9.53 Å². The molecule has 2 nitrogen and oxygen atoms in total. The molecule has 0 unspecified atom stereocenters. The molecule has 1 aliphatic rings. The summed E-state index contributed by atoms with van der Waals surface area (Å²) in [4.78, 5) is 12.4. The van der Waals surface area contributed by atoms with E-state index in [1.54, 1.807) is 0 Å². The Bertz CT molecular complexity index is 423. The quantitative estimate of drug-likeness (QED) is 0.755. The maximum atomic E-state index is 12.4. The zero-order chi connectivity index (χ0) is 13.7. The van der Waals surface area contributed by atoms with Gasteiger partial charge in [-0.2, -0.15) is 11.8 Å². The lowest BCUT2D eigenvalue weighted by molar-refractivity contribution is 0.0953. The summed E-state index contributed by atoms with van der Waals surface area (Å²) >= 11 is 2.00. The largest absolute Gasteiger partial charge is 0.490 e. The molecule has 1 aromatic carbocycles. The molecule has 104 valence electrons. The Labute approximate surface area is 119 Å². The van der Waals surface area contributed by atoms with Gasteiger partial charge in [0.2, 0.25) is 0 Å². The molecule has 1 fully saturated rings. The average Bonchev–Trinajstić information content (AvgIpc) is 2.39. The first kappa shape index (κ1) is 14.4. The molecular weight excluding hydrogens is 256 g/mol. The van der Waals surface area contributed by atoms with Crippen molar-refractivity contribution in [3.63, 3.8) is 0 Å². The standard InChI is InChI=1S/C16H22O2S/c1-12(2)18-16-6-4-3-5-14(16)15(17)11-13-7-9-19-10-8-13/h3-6,12-13H,7-11H2,1-2H3. The zero-order valence-corrected chi connectivity index (χ0v) is 12.5. The Morgan fingerprint density at radius 2 is 2.00 bits per heavy atom. The fourth-order valence-corrected chi connectivity index (χ4v) is 3.58. The van der Waals surface area contributed by atoms with E-state index in [4.69, 9.17) is 4.74 Å². The van der Waals surface area contributed by atoms with E-state index in [0.29, 0.717) is 12.3 Å². The van der Waals surface area contributed by atoms with Crippen molar-refractivity contribution in [3.8, 4) is 5.75 Å². The van der Waals surface area contributed by atoms with Gasteiger partial charge in [-0.15, -0.1) is 0 Å². The van der Waals surface area contributed by atoms with Crippen LogP contribution in [0.2, 0.25) is 0 Å². The van der Waals surface area contributed by atoms with Crippen LogP contribution in [-0.2, 0) is 0 Å². The normalized spacial score (nSPS) is 16.6. The van der Waals surface area contributed by atoms with Crippen LogP contribution in [0.3, 0.4) is 0 Å². The highest BCUT2D eigenvalue weighted by Gasteiger charge is 2.20. The van der Waals surface area contributed by atoms with Crippen molar-refractivity contribution in [2.45, 2.75) is 39.2 Å². The number of ether oxygens (including phenoxy) is 1. The van der Waals surface area contributed by atoms with Gasteiger partial charge in [0.25, 0.3) is 0 Å². The lowest BCUT2D eigenvalue weighted by Crippen LogP contribution is -2.16. The number of thioether (sulfide) groups is 1. The van der Waals surface area contributed by atoms with Gasteiger partial charge in [0.15, 0.2) is 5.78 Å². The third-order valence-corrected chi connectivity index (χ3v) is 4.41. The molecule has 0 atom stereocenters. The Balaban J connectivity index is 2.05. The minimum atomic E-state index is 0.0973. The van der Waals surface area contributed by atoms with E-state index in [1.807, 2.05) is 49.9 Å². The van der Waals surface area contributed by atoms with Crippen molar-refractivity contribution in [1.29, 1.82) is 0 Å². The summed E-state index contributed by atoms with van der Waals surface area (Å²) in [5.41, 5.74) is 0.745. The molecule has 0 N–H and O–H groups in total. The molecule has 1 saturated heterocycles. The summed E-state index contributed by atoms with van der Waals surface area (Å²) in [5.74, 6) is 3.91. The van der Waals surface area contributed by atoms with Gasteiger partial charge in [-0.1, -0.05) is 12.1 Å². The van der Waals surface area contributed by atoms with Gasteiger partial charge in [0.05, 0.1) is 11.7 Å². The Hall–Kier alpha value is -0.960. The van der Waals surface area contributed by atoms with E-state index in [1.165, 1.54) is 24.3 Å². The van der Waals surface area contributed by atoms with Crippen molar-refractivity contribution in [3.05, 3.63) is 29.8 Å². The van der Waals surface area contributed by atoms with E-state index >= 15 is 0 Å². The highest BCUT2D eigenvalue weighted by molar-refractivity contribution is 7.99. The van der Waals surface area contributed by atoms with Gasteiger partial charge in [-0.25, -0.2) is 0 Å². The molecule has 0 saturated carbocycles. The summed E-state index contributed by atoms with van der Waals surface area (Å²) in [5, 5.41) is 0. The second-order valence-electron chi connectivity index (χ2n) is 5.35. The number of ketones is 1. The molecule has 0 radical (unpaired) electrons. The number of para-hydroxylation sites is 1. The summed E-state index contributed by atoms with van der Waals surface area (Å²) in [6.07, 6.45) is 3.10. The molecule has 1 aromatic rings. The maximum absolute atomic E-state index is 12.4. The van der Waals surface area contributed by atoms with Gasteiger partial charge in [-0.3, -0.25) is 4.79 Å². The van der Waals surface area contributed by atoms with Gasteiger partial charge < -0.3 is 4.74 Å². The Morgan fingerprint density at radius 1 is 1.32 bits per heavy atom. The molecule has 0 aliphatic carbocycles. The van der Waals surface area contributed by atoms with Gasteiger partial charge in [-0.05, 0) is 56.2 Å². The first-order valence-electron chi connectivity index (χ1n) is 7.03. The van der Waals surface area contributed by atoms with Crippen molar-refractivity contribution in [1.82, 2.24) is 0 Å². The molecule has 19 heavy (non-hydrogen) atoms. The summed E-state index contributed by atoms with van der Waals surface area (Å²) in [7, 11) is 0. The fourth-order valence-electron chi connectivity index (χ4n) is 2.38. The highest BCUT2D eigenvalue weighted by Crippen LogP contribution is 2.28. The molecular formula is C16H22O2S. The summed E-state index contributed by atoms with van der Waals surface area (Å²) < 4.78 is 5.73. The predicted molar refractivity (Wildman–Crippen MR) is 81.2 cm³/mol. The van der Waals surface area contributed by atoms with E-state index in [9.17, 15) is 4.79 Å². The third-order valence-electron chi connectivity index (χ3n) is 3.37. The van der Waals surface area contributed by atoms with Crippen molar-refractivity contribution >= 4 is 17.5 Å². The van der Waals surface area contributed by atoms with E-state index in [0.717, 1.165) is 11.3 Å². The van der Waals surface area contributed by atoms with Crippen LogP contribution in [0.5, 0.6) is 5.75 Å². The van der Waals surface area contributed by atoms with Crippen LogP contribution in [0, 0.1) is 5.92 Å². The first-order chi connectivity index (χ1) is 9.16. The fraction of sp³-hybridized carbons (Fsp3) is 0.562. The van der Waals surface area contributed by atoms with Gasteiger partial charge in [0, 0.05) is 6.42 Å². The van der Waals surface area contributed by atoms with Gasteiger partial charge in [0.1, 0.15) is 5.75 Å². The molecule has 0 spiro atoms. The summed E-state index contributed by atoms with van der Waals surface area (Å²) in [6, 6.07) is 7.62. The smallest absolute Gasteiger partial charge is 0.166 e. The predicted octanol–water partition coefficient (Wildman–Crippen LogP) is 4.19. The third kappa shape index (κ3) is 4.27. The van der Waals surface area contributed by atoms with E-state index < -0.39 is 0 Å². The van der Waals surface area contributed by atoms with Crippen LogP contribution in [0.15, 0.2) is 24.3 Å². The minimum absolute atomic E-state index is 0.0973. The minimum Gasteiger partial charge on any atom is -0.490 e. The van der Waals surface area contributed by atoms with Crippen LogP contribution < -0.4 is 4.74 Å². The van der Waals surface area contributed by atoms with Crippen LogP contribution in [-0.4, -0.2) is 23.4 Å². The molecule has 0 aromatic heterocycles. The second kappa shape index (κ2) is 6.99. The van der Waals surface area contributed by atoms with Crippen LogP contribution in [0.1, 0.15) is 43.5 Å². The van der Waals surface area contributed by atoms with E-state index in [2.05, 4.69) is 0 Å². The number of carbonyl (C=O) groups excluding carboxylic acids is 1. The molecule has 3 heteroatoms. The number of benzene rings is 1. The highest BCUT2D eigenvalue weighted by atomic mass is 32.2. The van der Waals surface area contributed by atoms with Crippen LogP contribution >= 0.6 is 11.8 Å². The average molecular weight is 278 g/mol. The second-order valence-corrected chi connectivity index (χ2v) is 6.57. The number of rotatable bonds is 5. The number of carbonyl (C=O) groups is 1. The number of Topliss-reactive ketones (excluding diaryl/α,β-unsaturated/α-hetero) is 1. The Kier molecular flexibility index (Phi) is 5.32. The molecule has 0 amide bonds. The Morgan fingerprint density at radius 3 is 2.68 bits per heavy atom. The van der Waals surface area contributed by atoms with Crippen molar-refractivity contribution in [2.24, 2.45) is 5.92 Å². The molecule has 1 aliphatic heterocycles. The lowest BCUT2D eigenvalue weighted by Gasteiger charge is -2.21. The maximum Gasteiger partial charge on any atom is 0.166 e.